The lowest BCUT2D eigenvalue weighted by atomic mass is 9.90. The molecule has 2 aromatic carbocycles. The van der Waals surface area contributed by atoms with Crippen molar-refractivity contribution in [3.05, 3.63) is 58.8 Å². The van der Waals surface area contributed by atoms with Gasteiger partial charge in [0, 0.05) is 36.2 Å². The first-order valence-electron chi connectivity index (χ1n) is 10.4. The van der Waals surface area contributed by atoms with Crippen molar-refractivity contribution in [3.63, 3.8) is 0 Å². The number of nitrogens with zero attached hydrogens (tertiary/aromatic N) is 2. The van der Waals surface area contributed by atoms with E-state index in [2.05, 4.69) is 40.7 Å². The van der Waals surface area contributed by atoms with Gasteiger partial charge < -0.3 is 14.4 Å². The minimum absolute atomic E-state index is 0.226. The molecular formula is C24H28N2O2. The van der Waals surface area contributed by atoms with Crippen LogP contribution in [0.3, 0.4) is 0 Å². The van der Waals surface area contributed by atoms with Crippen LogP contribution in [-0.2, 0) is 19.5 Å². The second kappa shape index (κ2) is 6.85. The second-order valence-corrected chi connectivity index (χ2v) is 8.27. The van der Waals surface area contributed by atoms with Gasteiger partial charge in [0.2, 0.25) is 0 Å². The number of phenolic OH excluding ortho intramolecular Hbond substituents is 1. The quantitative estimate of drug-likeness (QED) is 0.703. The SMILES string of the molecule is COc1ccc(CN2CCCn3c4c(c5cc(C)ccc53)CCC[C@H]42)cc1O. The second-order valence-electron chi connectivity index (χ2n) is 8.27. The fourth-order valence-corrected chi connectivity index (χ4v) is 5.25. The summed E-state index contributed by atoms with van der Waals surface area (Å²) in [5.74, 6) is 0.763. The van der Waals surface area contributed by atoms with Crippen molar-refractivity contribution in [2.45, 2.75) is 51.7 Å². The van der Waals surface area contributed by atoms with Crippen LogP contribution in [0.25, 0.3) is 10.9 Å². The fraction of sp³-hybridized carbons (Fsp3) is 0.417. The molecule has 2 aliphatic rings. The zero-order chi connectivity index (χ0) is 19.3. The van der Waals surface area contributed by atoms with Gasteiger partial charge >= 0.3 is 0 Å². The van der Waals surface area contributed by atoms with Gasteiger partial charge in [0.25, 0.3) is 0 Å². The zero-order valence-corrected chi connectivity index (χ0v) is 16.7. The Bertz CT molecular complexity index is 1030. The molecule has 4 heteroatoms. The molecule has 0 bridgehead atoms. The van der Waals surface area contributed by atoms with E-state index in [4.69, 9.17) is 4.74 Å². The van der Waals surface area contributed by atoms with Gasteiger partial charge in [-0.3, -0.25) is 4.90 Å². The normalized spacial score (nSPS) is 19.4. The molecule has 1 aromatic heterocycles. The number of phenols is 1. The van der Waals surface area contributed by atoms with Gasteiger partial charge in [0.1, 0.15) is 0 Å². The van der Waals surface area contributed by atoms with Crippen LogP contribution in [0.2, 0.25) is 0 Å². The van der Waals surface area contributed by atoms with Crippen molar-refractivity contribution in [2.75, 3.05) is 13.7 Å². The van der Waals surface area contributed by atoms with Crippen LogP contribution < -0.4 is 4.74 Å². The van der Waals surface area contributed by atoms with Crippen molar-refractivity contribution in [1.82, 2.24) is 9.47 Å². The number of fused-ring (bicyclic) bond motifs is 3. The average molecular weight is 377 g/mol. The molecule has 1 N–H and O–H groups in total. The van der Waals surface area contributed by atoms with E-state index in [1.165, 1.54) is 35.7 Å². The van der Waals surface area contributed by atoms with Crippen molar-refractivity contribution in [3.8, 4) is 11.5 Å². The molecule has 0 amide bonds. The molecule has 146 valence electrons. The molecule has 0 saturated carbocycles. The van der Waals surface area contributed by atoms with Crippen LogP contribution in [0.15, 0.2) is 36.4 Å². The third kappa shape index (κ3) is 2.78. The molecule has 5 rings (SSSR count). The molecule has 0 fully saturated rings. The van der Waals surface area contributed by atoms with Crippen LogP contribution >= 0.6 is 0 Å². The van der Waals surface area contributed by atoms with Gasteiger partial charge in [-0.05, 0) is 68.0 Å². The van der Waals surface area contributed by atoms with Crippen molar-refractivity contribution >= 4 is 10.9 Å². The highest BCUT2D eigenvalue weighted by Gasteiger charge is 2.33. The van der Waals surface area contributed by atoms with Crippen molar-refractivity contribution < 1.29 is 9.84 Å². The van der Waals surface area contributed by atoms with Gasteiger partial charge in [0.05, 0.1) is 13.2 Å². The summed E-state index contributed by atoms with van der Waals surface area (Å²) < 4.78 is 7.80. The molecular weight excluding hydrogens is 348 g/mol. The summed E-state index contributed by atoms with van der Waals surface area (Å²) in [5.41, 5.74) is 7.01. The third-order valence-electron chi connectivity index (χ3n) is 6.48. The Labute approximate surface area is 166 Å². The maximum Gasteiger partial charge on any atom is 0.160 e. The topological polar surface area (TPSA) is 37.6 Å². The molecule has 28 heavy (non-hydrogen) atoms. The number of aromatic nitrogens is 1. The molecule has 0 spiro atoms. The summed E-state index contributed by atoms with van der Waals surface area (Å²) in [7, 11) is 1.59. The van der Waals surface area contributed by atoms with Gasteiger partial charge in [-0.25, -0.2) is 0 Å². The largest absolute Gasteiger partial charge is 0.504 e. The average Bonchev–Trinajstić information content (AvgIpc) is 2.88. The molecule has 0 unspecified atom stereocenters. The predicted octanol–water partition coefficient (Wildman–Crippen LogP) is 4.95. The maximum atomic E-state index is 10.2. The maximum absolute atomic E-state index is 10.2. The van der Waals surface area contributed by atoms with Gasteiger partial charge in [-0.1, -0.05) is 17.7 Å². The Kier molecular flexibility index (Phi) is 4.31. The number of rotatable bonds is 3. The molecule has 1 aliphatic heterocycles. The van der Waals surface area contributed by atoms with E-state index in [9.17, 15) is 5.11 Å². The highest BCUT2D eigenvalue weighted by molar-refractivity contribution is 5.86. The molecule has 4 nitrogen and oxygen atoms in total. The Morgan fingerprint density at radius 1 is 1.11 bits per heavy atom. The summed E-state index contributed by atoms with van der Waals surface area (Å²) in [6.45, 7) is 5.24. The number of benzene rings is 2. The van der Waals surface area contributed by atoms with Crippen LogP contribution in [-0.4, -0.2) is 28.2 Å². The number of ether oxygens (including phenoxy) is 1. The Morgan fingerprint density at radius 3 is 2.82 bits per heavy atom. The zero-order valence-electron chi connectivity index (χ0n) is 16.7. The van der Waals surface area contributed by atoms with E-state index in [-0.39, 0.29) is 5.75 Å². The molecule has 0 radical (unpaired) electrons. The van der Waals surface area contributed by atoms with E-state index in [1.807, 2.05) is 12.1 Å². The number of methoxy groups -OCH3 is 1. The van der Waals surface area contributed by atoms with E-state index >= 15 is 0 Å². The van der Waals surface area contributed by atoms with Crippen molar-refractivity contribution in [2.24, 2.45) is 0 Å². The highest BCUT2D eigenvalue weighted by Crippen LogP contribution is 2.43. The van der Waals surface area contributed by atoms with Crippen LogP contribution in [0, 0.1) is 6.92 Å². The monoisotopic (exact) mass is 376 g/mol. The Hall–Kier alpha value is -2.46. The summed E-state index contributed by atoms with van der Waals surface area (Å²) in [5, 5.41) is 11.6. The van der Waals surface area contributed by atoms with E-state index in [0.717, 1.165) is 31.6 Å². The molecule has 1 aliphatic carbocycles. The first-order chi connectivity index (χ1) is 13.7. The summed E-state index contributed by atoms with van der Waals surface area (Å²) in [6.07, 6.45) is 4.80. The minimum atomic E-state index is 0.226. The molecule has 3 aromatic rings. The number of aryl methyl sites for hydroxylation is 3. The van der Waals surface area contributed by atoms with Crippen LogP contribution in [0.5, 0.6) is 11.5 Å². The molecule has 0 saturated heterocycles. The smallest absolute Gasteiger partial charge is 0.160 e. The Morgan fingerprint density at radius 2 is 2.00 bits per heavy atom. The number of aromatic hydroxyl groups is 1. The van der Waals surface area contributed by atoms with Crippen LogP contribution in [0.4, 0.5) is 0 Å². The van der Waals surface area contributed by atoms with E-state index < -0.39 is 0 Å². The standard InChI is InChI=1S/C24H28N2O2/c1-16-7-9-20-19(13-16)18-5-3-6-21-24(18)26(20)12-4-11-25(21)15-17-8-10-23(28-2)22(27)14-17/h7-10,13-14,21,27H,3-6,11-12,15H2,1-2H3/t21-/m1/s1. The summed E-state index contributed by atoms with van der Waals surface area (Å²) in [6, 6.07) is 13.2. The lowest BCUT2D eigenvalue weighted by Crippen LogP contribution is -2.31. The van der Waals surface area contributed by atoms with Crippen LogP contribution in [0.1, 0.15) is 47.7 Å². The highest BCUT2D eigenvalue weighted by atomic mass is 16.5. The molecule has 1 atom stereocenters. The van der Waals surface area contributed by atoms with Crippen molar-refractivity contribution in [1.29, 1.82) is 0 Å². The Balaban J connectivity index is 1.55. The summed E-state index contributed by atoms with van der Waals surface area (Å²) in [4.78, 5) is 2.62. The van der Waals surface area contributed by atoms with E-state index in [1.54, 1.807) is 18.4 Å². The molecule has 2 heterocycles. The predicted molar refractivity (Wildman–Crippen MR) is 112 cm³/mol. The van der Waals surface area contributed by atoms with Gasteiger partial charge in [-0.2, -0.15) is 0 Å². The van der Waals surface area contributed by atoms with Gasteiger partial charge in [-0.15, -0.1) is 0 Å². The third-order valence-corrected chi connectivity index (χ3v) is 6.48. The number of hydrogen-bond acceptors (Lipinski definition) is 3. The minimum Gasteiger partial charge on any atom is -0.504 e. The lowest BCUT2D eigenvalue weighted by molar-refractivity contribution is 0.173. The first-order valence-corrected chi connectivity index (χ1v) is 10.4. The lowest BCUT2D eigenvalue weighted by Gasteiger charge is -2.33. The summed E-state index contributed by atoms with van der Waals surface area (Å²) >= 11 is 0. The first kappa shape index (κ1) is 17.6. The van der Waals surface area contributed by atoms with Gasteiger partial charge in [0.15, 0.2) is 11.5 Å². The van der Waals surface area contributed by atoms with E-state index in [0.29, 0.717) is 11.8 Å². The fourth-order valence-electron chi connectivity index (χ4n) is 5.25. The number of hydrogen-bond donors (Lipinski definition) is 1.